The molecule has 0 aromatic carbocycles. The third-order valence-corrected chi connectivity index (χ3v) is 3.13. The third kappa shape index (κ3) is 7.09. The van der Waals surface area contributed by atoms with Gasteiger partial charge < -0.3 is 14.8 Å². The second-order valence-electron chi connectivity index (χ2n) is 6.17. The van der Waals surface area contributed by atoms with Crippen molar-refractivity contribution in [2.75, 3.05) is 6.61 Å². The number of alkyl carbamates (subject to hydrolysis) is 1. The lowest BCUT2D eigenvalue weighted by Crippen LogP contribution is -2.41. The Morgan fingerprint density at radius 1 is 1.26 bits per heavy atom. The van der Waals surface area contributed by atoms with Gasteiger partial charge in [0.25, 0.3) is 0 Å². The number of amides is 1. The minimum Gasteiger partial charge on any atom is -0.501 e. The molecular formula is C15H27NO3. The SMILES string of the molecule is CC=COCC1CCC(NC(=O)OC(C)(C)C)CC1. The molecular weight excluding hydrogens is 242 g/mol. The molecule has 4 heteroatoms. The van der Waals surface area contributed by atoms with Crippen LogP contribution in [0.1, 0.15) is 53.4 Å². The summed E-state index contributed by atoms with van der Waals surface area (Å²) in [5, 5.41) is 2.95. The van der Waals surface area contributed by atoms with Gasteiger partial charge in [-0.15, -0.1) is 0 Å². The third-order valence-electron chi connectivity index (χ3n) is 3.13. The van der Waals surface area contributed by atoms with Crippen LogP contribution in [0.15, 0.2) is 12.3 Å². The molecule has 0 aliphatic heterocycles. The van der Waals surface area contributed by atoms with Crippen molar-refractivity contribution in [1.29, 1.82) is 0 Å². The summed E-state index contributed by atoms with van der Waals surface area (Å²) in [5.74, 6) is 0.605. The molecule has 110 valence electrons. The quantitative estimate of drug-likeness (QED) is 0.793. The number of carbonyl (C=O) groups is 1. The van der Waals surface area contributed by atoms with Crippen LogP contribution in [0.3, 0.4) is 0 Å². The Balaban J connectivity index is 2.21. The maximum absolute atomic E-state index is 11.7. The fourth-order valence-electron chi connectivity index (χ4n) is 2.24. The highest BCUT2D eigenvalue weighted by atomic mass is 16.6. The molecule has 1 aliphatic carbocycles. The zero-order valence-corrected chi connectivity index (χ0v) is 12.6. The monoisotopic (exact) mass is 269 g/mol. The van der Waals surface area contributed by atoms with Crippen molar-refractivity contribution in [2.45, 2.75) is 65.0 Å². The summed E-state index contributed by atoms with van der Waals surface area (Å²) in [6, 6.07) is 0.243. The molecule has 0 radical (unpaired) electrons. The van der Waals surface area contributed by atoms with Crippen LogP contribution in [0, 0.1) is 5.92 Å². The van der Waals surface area contributed by atoms with E-state index in [0.717, 1.165) is 32.3 Å². The van der Waals surface area contributed by atoms with Gasteiger partial charge in [-0.05, 0) is 59.3 Å². The first-order valence-corrected chi connectivity index (χ1v) is 7.13. The van der Waals surface area contributed by atoms with Crippen molar-refractivity contribution in [3.8, 4) is 0 Å². The van der Waals surface area contributed by atoms with E-state index in [1.54, 1.807) is 6.26 Å². The smallest absolute Gasteiger partial charge is 0.407 e. The topological polar surface area (TPSA) is 47.6 Å². The Bertz CT molecular complexity index is 299. The number of rotatable bonds is 4. The number of ether oxygens (including phenoxy) is 2. The molecule has 1 saturated carbocycles. The molecule has 1 amide bonds. The number of allylic oxidation sites excluding steroid dienone is 1. The molecule has 0 atom stereocenters. The van der Waals surface area contributed by atoms with Gasteiger partial charge in [0.15, 0.2) is 0 Å². The molecule has 0 aromatic heterocycles. The minimum absolute atomic E-state index is 0.243. The summed E-state index contributed by atoms with van der Waals surface area (Å²) in [6.07, 6.45) is 7.53. The van der Waals surface area contributed by atoms with Gasteiger partial charge in [-0.1, -0.05) is 6.08 Å². The molecule has 4 nitrogen and oxygen atoms in total. The average Bonchev–Trinajstić information content (AvgIpc) is 2.29. The summed E-state index contributed by atoms with van der Waals surface area (Å²) in [7, 11) is 0. The largest absolute Gasteiger partial charge is 0.501 e. The van der Waals surface area contributed by atoms with E-state index in [1.165, 1.54) is 0 Å². The van der Waals surface area contributed by atoms with Crippen LogP contribution in [0.5, 0.6) is 0 Å². The highest BCUT2D eigenvalue weighted by Gasteiger charge is 2.24. The van der Waals surface area contributed by atoms with E-state index >= 15 is 0 Å². The van der Waals surface area contributed by atoms with E-state index in [4.69, 9.17) is 9.47 Å². The molecule has 0 heterocycles. The maximum Gasteiger partial charge on any atom is 0.407 e. The molecule has 1 aliphatic rings. The van der Waals surface area contributed by atoms with E-state index in [2.05, 4.69) is 5.32 Å². The van der Waals surface area contributed by atoms with E-state index in [-0.39, 0.29) is 12.1 Å². The van der Waals surface area contributed by atoms with Gasteiger partial charge in [0.05, 0.1) is 12.9 Å². The van der Waals surface area contributed by atoms with Crippen LogP contribution in [-0.4, -0.2) is 24.3 Å². The van der Waals surface area contributed by atoms with Crippen LogP contribution in [0.4, 0.5) is 4.79 Å². The van der Waals surface area contributed by atoms with Gasteiger partial charge in [0.2, 0.25) is 0 Å². The first-order chi connectivity index (χ1) is 8.90. The normalized spacial score (nSPS) is 24.2. The molecule has 0 saturated heterocycles. The summed E-state index contributed by atoms with van der Waals surface area (Å²) < 4.78 is 10.7. The maximum atomic E-state index is 11.7. The Kier molecular flexibility index (Phi) is 6.19. The summed E-state index contributed by atoms with van der Waals surface area (Å²) >= 11 is 0. The molecule has 1 fully saturated rings. The summed E-state index contributed by atoms with van der Waals surface area (Å²) in [5.41, 5.74) is -0.429. The van der Waals surface area contributed by atoms with Crippen LogP contribution in [-0.2, 0) is 9.47 Å². The molecule has 1 N–H and O–H groups in total. The molecule has 0 aromatic rings. The lowest BCUT2D eigenvalue weighted by Gasteiger charge is -2.29. The fraction of sp³-hybridized carbons (Fsp3) is 0.800. The fourth-order valence-corrected chi connectivity index (χ4v) is 2.24. The van der Waals surface area contributed by atoms with Gasteiger partial charge in [-0.3, -0.25) is 0 Å². The van der Waals surface area contributed by atoms with Gasteiger partial charge in [0.1, 0.15) is 5.60 Å². The molecule has 0 bridgehead atoms. The van der Waals surface area contributed by atoms with Crippen LogP contribution < -0.4 is 5.32 Å². The number of hydrogen-bond donors (Lipinski definition) is 1. The van der Waals surface area contributed by atoms with Crippen LogP contribution >= 0.6 is 0 Å². The van der Waals surface area contributed by atoms with Gasteiger partial charge >= 0.3 is 6.09 Å². The number of hydrogen-bond acceptors (Lipinski definition) is 3. The van der Waals surface area contributed by atoms with Crippen molar-refractivity contribution in [3.05, 3.63) is 12.3 Å². The Labute approximate surface area is 116 Å². The van der Waals surface area contributed by atoms with Crippen molar-refractivity contribution < 1.29 is 14.3 Å². The first kappa shape index (κ1) is 15.9. The summed E-state index contributed by atoms with van der Waals surface area (Å²) in [6.45, 7) is 8.36. The molecule has 0 unspecified atom stereocenters. The van der Waals surface area contributed by atoms with Crippen LogP contribution in [0.25, 0.3) is 0 Å². The summed E-state index contributed by atoms with van der Waals surface area (Å²) in [4.78, 5) is 11.7. The zero-order chi connectivity index (χ0) is 14.3. The van der Waals surface area contributed by atoms with E-state index in [9.17, 15) is 4.79 Å². The predicted octanol–water partition coefficient (Wildman–Crippen LogP) is 3.62. The number of nitrogens with one attached hydrogen (secondary N) is 1. The lowest BCUT2D eigenvalue weighted by molar-refractivity contribution is 0.0480. The predicted molar refractivity (Wildman–Crippen MR) is 75.9 cm³/mol. The van der Waals surface area contributed by atoms with Crippen molar-refractivity contribution in [3.63, 3.8) is 0 Å². The standard InChI is InChI=1S/C15H27NO3/c1-5-10-18-11-12-6-8-13(9-7-12)16-14(17)19-15(2,3)4/h5,10,12-13H,6-9,11H2,1-4H3,(H,16,17). The lowest BCUT2D eigenvalue weighted by atomic mass is 9.86. The van der Waals surface area contributed by atoms with Crippen LogP contribution in [0.2, 0.25) is 0 Å². The van der Waals surface area contributed by atoms with Gasteiger partial charge in [-0.25, -0.2) is 4.79 Å². The van der Waals surface area contributed by atoms with E-state index in [0.29, 0.717) is 5.92 Å². The van der Waals surface area contributed by atoms with Crippen molar-refractivity contribution >= 4 is 6.09 Å². The van der Waals surface area contributed by atoms with E-state index < -0.39 is 5.60 Å². The number of carbonyl (C=O) groups excluding carboxylic acids is 1. The minimum atomic E-state index is -0.429. The zero-order valence-electron chi connectivity index (χ0n) is 12.6. The van der Waals surface area contributed by atoms with Gasteiger partial charge in [0, 0.05) is 6.04 Å². The highest BCUT2D eigenvalue weighted by molar-refractivity contribution is 5.68. The Morgan fingerprint density at radius 2 is 1.89 bits per heavy atom. The van der Waals surface area contributed by atoms with Gasteiger partial charge in [-0.2, -0.15) is 0 Å². The Morgan fingerprint density at radius 3 is 2.42 bits per heavy atom. The second-order valence-corrected chi connectivity index (χ2v) is 6.17. The first-order valence-electron chi connectivity index (χ1n) is 7.13. The highest BCUT2D eigenvalue weighted by Crippen LogP contribution is 2.24. The van der Waals surface area contributed by atoms with E-state index in [1.807, 2.05) is 33.8 Å². The average molecular weight is 269 g/mol. The molecule has 0 spiro atoms. The molecule has 1 rings (SSSR count). The van der Waals surface area contributed by atoms with Crippen molar-refractivity contribution in [2.24, 2.45) is 5.92 Å². The molecule has 19 heavy (non-hydrogen) atoms. The van der Waals surface area contributed by atoms with Crippen molar-refractivity contribution in [1.82, 2.24) is 5.32 Å². The Hall–Kier alpha value is -1.19. The second kappa shape index (κ2) is 7.41.